The Balaban J connectivity index is 1.37. The van der Waals surface area contributed by atoms with E-state index in [1.807, 2.05) is 54.6 Å². The van der Waals surface area contributed by atoms with Crippen molar-refractivity contribution in [3.8, 4) is 17.3 Å². The normalized spacial score (nSPS) is 11.8. The molecule has 1 atom stereocenters. The number of methoxy groups -OCH3 is 1. The van der Waals surface area contributed by atoms with E-state index in [1.54, 1.807) is 0 Å². The van der Waals surface area contributed by atoms with Gasteiger partial charge in [0.1, 0.15) is 0 Å². The summed E-state index contributed by atoms with van der Waals surface area (Å²) in [5, 5.41) is 0.882. The Bertz CT molecular complexity index is 1240. The largest absolute Gasteiger partial charge is 0.477 e. The molecule has 0 radical (unpaired) electrons. The monoisotopic (exact) mass is 470 g/mol. The molecule has 0 saturated carbocycles. The zero-order valence-corrected chi connectivity index (χ0v) is 20.1. The number of ether oxygens (including phenoxy) is 3. The van der Waals surface area contributed by atoms with E-state index < -0.39 is 12.1 Å². The van der Waals surface area contributed by atoms with Crippen molar-refractivity contribution in [3.63, 3.8) is 0 Å². The highest BCUT2D eigenvalue weighted by Crippen LogP contribution is 2.27. The lowest BCUT2D eigenvalue weighted by atomic mass is 10.1. The molecule has 0 N–H and O–H groups in total. The van der Waals surface area contributed by atoms with E-state index in [0.29, 0.717) is 24.9 Å². The minimum atomic E-state index is -0.727. The number of hydrogen-bond acceptors (Lipinski definition) is 6. The maximum atomic E-state index is 12.1. The van der Waals surface area contributed by atoms with Crippen LogP contribution in [0, 0.1) is 0 Å². The number of carbonyl (C=O) groups is 1. The van der Waals surface area contributed by atoms with Gasteiger partial charge in [-0.3, -0.25) is 0 Å². The number of hydrogen-bond donors (Lipinski definition) is 0. The Hall–Kier alpha value is -3.77. The van der Waals surface area contributed by atoms with Crippen molar-refractivity contribution in [1.29, 1.82) is 0 Å². The molecular formula is C29H30N2O4. The van der Waals surface area contributed by atoms with Gasteiger partial charge in [0.25, 0.3) is 0 Å². The van der Waals surface area contributed by atoms with Crippen molar-refractivity contribution in [3.05, 3.63) is 90.0 Å². The van der Waals surface area contributed by atoms with E-state index >= 15 is 0 Å². The second-order valence-electron chi connectivity index (χ2n) is 8.16. The Labute approximate surface area is 205 Å². The van der Waals surface area contributed by atoms with E-state index in [-0.39, 0.29) is 0 Å². The highest BCUT2D eigenvalue weighted by molar-refractivity contribution is 5.85. The number of esters is 1. The number of fused-ring (bicyclic) bond motifs is 1. The van der Waals surface area contributed by atoms with Crippen LogP contribution in [-0.2, 0) is 20.7 Å². The van der Waals surface area contributed by atoms with Gasteiger partial charge in [-0.05, 0) is 42.5 Å². The molecule has 0 aliphatic rings. The van der Waals surface area contributed by atoms with Crippen LogP contribution in [0.1, 0.15) is 37.0 Å². The number of rotatable bonds is 11. The van der Waals surface area contributed by atoms with Gasteiger partial charge in [-0.25, -0.2) is 9.78 Å². The summed E-state index contributed by atoms with van der Waals surface area (Å²) in [5.41, 5.74) is 3.86. The van der Waals surface area contributed by atoms with E-state index in [0.717, 1.165) is 41.3 Å². The van der Waals surface area contributed by atoms with E-state index in [4.69, 9.17) is 24.2 Å². The van der Waals surface area contributed by atoms with E-state index in [2.05, 4.69) is 31.2 Å². The van der Waals surface area contributed by atoms with E-state index in [9.17, 15) is 4.79 Å². The smallest absolute Gasteiger partial charge is 0.339 e. The van der Waals surface area contributed by atoms with Crippen molar-refractivity contribution in [2.75, 3.05) is 20.3 Å². The molecule has 0 amide bonds. The summed E-state index contributed by atoms with van der Waals surface area (Å²) in [7, 11) is 1.37. The van der Waals surface area contributed by atoms with Crippen LogP contribution in [0.4, 0.5) is 0 Å². The van der Waals surface area contributed by atoms with Gasteiger partial charge in [0.2, 0.25) is 5.88 Å². The Morgan fingerprint density at radius 2 is 1.57 bits per heavy atom. The van der Waals surface area contributed by atoms with Crippen LogP contribution >= 0.6 is 0 Å². The standard InChI is InChI=1S/C29H30N2O4/c1-3-21-15-17-23(18-16-21)27-30-25-14-8-7-13-24(25)28(31-27)35-20-10-9-19-34-26(29(32)33-2)22-11-5-4-6-12-22/h4-8,11-18,26H,3,9-10,19-20H2,1-2H3. The molecule has 1 unspecified atom stereocenters. The molecule has 1 heterocycles. The lowest BCUT2D eigenvalue weighted by Crippen LogP contribution is -2.18. The summed E-state index contributed by atoms with van der Waals surface area (Å²) < 4.78 is 16.8. The zero-order valence-electron chi connectivity index (χ0n) is 20.1. The first kappa shape index (κ1) is 24.4. The quantitative estimate of drug-likeness (QED) is 0.199. The summed E-state index contributed by atoms with van der Waals surface area (Å²) in [6, 6.07) is 25.5. The van der Waals surface area contributed by atoms with Gasteiger partial charge in [-0.15, -0.1) is 0 Å². The fourth-order valence-corrected chi connectivity index (χ4v) is 3.79. The van der Waals surface area contributed by atoms with Crippen molar-refractivity contribution < 1.29 is 19.0 Å². The maximum absolute atomic E-state index is 12.1. The summed E-state index contributed by atoms with van der Waals surface area (Å²) in [5.74, 6) is 0.815. The summed E-state index contributed by atoms with van der Waals surface area (Å²) in [4.78, 5) is 21.6. The SMILES string of the molecule is CCc1ccc(-c2nc(OCCCCOC(C(=O)OC)c3ccccc3)c3ccccc3n2)cc1. The fraction of sp³-hybridized carbons (Fsp3) is 0.276. The minimum absolute atomic E-state index is 0.403. The lowest BCUT2D eigenvalue weighted by Gasteiger charge is -2.16. The van der Waals surface area contributed by atoms with Gasteiger partial charge in [0.05, 0.1) is 24.6 Å². The Kier molecular flexibility index (Phi) is 8.41. The Morgan fingerprint density at radius 1 is 0.857 bits per heavy atom. The number of para-hydroxylation sites is 1. The molecule has 4 aromatic rings. The Morgan fingerprint density at radius 3 is 2.31 bits per heavy atom. The molecule has 180 valence electrons. The van der Waals surface area contributed by atoms with Gasteiger partial charge in [-0.1, -0.05) is 73.7 Å². The van der Waals surface area contributed by atoms with Gasteiger partial charge in [-0.2, -0.15) is 4.98 Å². The van der Waals surface area contributed by atoms with Gasteiger partial charge in [0.15, 0.2) is 11.9 Å². The highest BCUT2D eigenvalue weighted by Gasteiger charge is 2.21. The maximum Gasteiger partial charge on any atom is 0.339 e. The van der Waals surface area contributed by atoms with Crippen LogP contribution in [0.25, 0.3) is 22.3 Å². The molecule has 1 aromatic heterocycles. The van der Waals surface area contributed by atoms with Crippen LogP contribution in [0.15, 0.2) is 78.9 Å². The van der Waals surface area contributed by atoms with Crippen molar-refractivity contribution in [2.24, 2.45) is 0 Å². The first-order chi connectivity index (χ1) is 17.2. The molecule has 6 heteroatoms. The molecule has 0 aliphatic heterocycles. The molecule has 0 bridgehead atoms. The first-order valence-electron chi connectivity index (χ1n) is 11.9. The molecule has 0 aliphatic carbocycles. The first-order valence-corrected chi connectivity index (χ1v) is 11.9. The van der Waals surface area contributed by atoms with Crippen molar-refractivity contribution in [2.45, 2.75) is 32.3 Å². The summed E-state index contributed by atoms with van der Waals surface area (Å²) in [6.07, 6.45) is 1.74. The average molecular weight is 471 g/mol. The number of nitrogens with zero attached hydrogens (tertiary/aromatic N) is 2. The topological polar surface area (TPSA) is 70.5 Å². The lowest BCUT2D eigenvalue weighted by molar-refractivity contribution is -0.154. The minimum Gasteiger partial charge on any atom is -0.477 e. The predicted octanol–water partition coefficient (Wildman–Crippen LogP) is 5.95. The molecule has 0 fully saturated rings. The van der Waals surface area contributed by atoms with Crippen LogP contribution < -0.4 is 4.74 Å². The average Bonchev–Trinajstić information content (AvgIpc) is 2.92. The van der Waals surface area contributed by atoms with Gasteiger partial charge < -0.3 is 14.2 Å². The predicted molar refractivity (Wildman–Crippen MR) is 136 cm³/mol. The summed E-state index contributed by atoms with van der Waals surface area (Å²) in [6.45, 7) is 3.03. The second-order valence-corrected chi connectivity index (χ2v) is 8.16. The van der Waals surface area contributed by atoms with Crippen molar-refractivity contribution in [1.82, 2.24) is 9.97 Å². The molecular weight excluding hydrogens is 440 g/mol. The number of aryl methyl sites for hydroxylation is 1. The van der Waals surface area contributed by atoms with Crippen LogP contribution in [0.5, 0.6) is 5.88 Å². The molecule has 0 saturated heterocycles. The third-order valence-electron chi connectivity index (χ3n) is 5.77. The highest BCUT2D eigenvalue weighted by atomic mass is 16.6. The van der Waals surface area contributed by atoms with Crippen molar-refractivity contribution >= 4 is 16.9 Å². The number of unbranched alkanes of at least 4 members (excludes halogenated alkanes) is 1. The molecule has 0 spiro atoms. The molecule has 3 aromatic carbocycles. The molecule has 35 heavy (non-hydrogen) atoms. The second kappa shape index (κ2) is 12.1. The number of benzene rings is 3. The van der Waals surface area contributed by atoms with Crippen LogP contribution in [0.2, 0.25) is 0 Å². The third kappa shape index (κ3) is 6.22. The number of aromatic nitrogens is 2. The summed E-state index contributed by atoms with van der Waals surface area (Å²) >= 11 is 0. The van der Waals surface area contributed by atoms with Gasteiger partial charge in [0, 0.05) is 12.2 Å². The van der Waals surface area contributed by atoms with Crippen LogP contribution in [-0.4, -0.2) is 36.3 Å². The number of carbonyl (C=O) groups excluding carboxylic acids is 1. The third-order valence-corrected chi connectivity index (χ3v) is 5.77. The zero-order chi connectivity index (χ0) is 24.5. The molecule has 6 nitrogen and oxygen atoms in total. The van der Waals surface area contributed by atoms with Gasteiger partial charge >= 0.3 is 5.97 Å². The van der Waals surface area contributed by atoms with Crippen LogP contribution in [0.3, 0.4) is 0 Å². The molecule has 4 rings (SSSR count). The fourth-order valence-electron chi connectivity index (χ4n) is 3.79. The van der Waals surface area contributed by atoms with E-state index in [1.165, 1.54) is 12.7 Å².